The van der Waals surface area contributed by atoms with Crippen LogP contribution in [0.4, 0.5) is 26.3 Å². The van der Waals surface area contributed by atoms with Crippen LogP contribution in [-0.2, 0) is 35.5 Å². The van der Waals surface area contributed by atoms with Crippen molar-refractivity contribution in [2.24, 2.45) is 0 Å². The fourth-order valence-electron chi connectivity index (χ4n) is 3.74. The van der Waals surface area contributed by atoms with Crippen molar-refractivity contribution in [3.63, 3.8) is 0 Å². The Hall–Kier alpha value is -4.21. The predicted octanol–water partition coefficient (Wildman–Crippen LogP) is 6.70. The number of aliphatic hydroxyl groups is 1. The predicted molar refractivity (Wildman–Crippen MR) is 138 cm³/mol. The van der Waals surface area contributed by atoms with Crippen molar-refractivity contribution in [2.45, 2.75) is 30.6 Å². The first-order valence-corrected chi connectivity index (χ1v) is 13.4. The standard InChI is InChI=1S/C27H20F6N2O6S/c28-26(29,30)18-7-1-16(2-8-18)5-11-23-34-20(15-40-23)13-22(42(37,38)39)25-21(14-36)35-24(41-25)12-6-17-3-9-19(10-4-17)27(31,32)33/h1-12,15,22,36H,13-14H2,(H,37,38,39). The molecule has 0 amide bonds. The van der Waals surface area contributed by atoms with Crippen LogP contribution in [0.3, 0.4) is 0 Å². The molecule has 0 bridgehead atoms. The van der Waals surface area contributed by atoms with Gasteiger partial charge >= 0.3 is 12.4 Å². The summed E-state index contributed by atoms with van der Waals surface area (Å²) in [4.78, 5) is 8.08. The molecule has 2 heterocycles. The summed E-state index contributed by atoms with van der Waals surface area (Å²) in [6, 6.07) is 8.43. The van der Waals surface area contributed by atoms with E-state index in [1.54, 1.807) is 0 Å². The largest absolute Gasteiger partial charge is 0.445 e. The van der Waals surface area contributed by atoms with Crippen molar-refractivity contribution < 1.29 is 53.3 Å². The van der Waals surface area contributed by atoms with Gasteiger partial charge in [0.25, 0.3) is 10.1 Å². The Balaban J connectivity index is 1.52. The summed E-state index contributed by atoms with van der Waals surface area (Å²) in [7, 11) is -4.85. The molecular weight excluding hydrogens is 594 g/mol. The molecule has 4 aromatic rings. The summed E-state index contributed by atoms with van der Waals surface area (Å²) in [6.45, 7) is -0.765. The van der Waals surface area contributed by atoms with E-state index in [1.165, 1.54) is 48.6 Å². The Morgan fingerprint density at radius 2 is 1.29 bits per heavy atom. The van der Waals surface area contributed by atoms with Gasteiger partial charge in [0.2, 0.25) is 11.8 Å². The lowest BCUT2D eigenvalue weighted by Gasteiger charge is -2.10. The lowest BCUT2D eigenvalue weighted by Crippen LogP contribution is -2.16. The van der Waals surface area contributed by atoms with Crippen molar-refractivity contribution in [1.29, 1.82) is 0 Å². The molecular formula is C27H20F6N2O6S. The van der Waals surface area contributed by atoms with Crippen LogP contribution in [0.2, 0.25) is 0 Å². The van der Waals surface area contributed by atoms with Crippen LogP contribution < -0.4 is 0 Å². The number of aliphatic hydroxyl groups excluding tert-OH is 1. The molecule has 8 nitrogen and oxygen atoms in total. The lowest BCUT2D eigenvalue weighted by atomic mass is 10.1. The van der Waals surface area contributed by atoms with Crippen molar-refractivity contribution >= 4 is 34.4 Å². The van der Waals surface area contributed by atoms with Gasteiger partial charge in [-0.15, -0.1) is 0 Å². The van der Waals surface area contributed by atoms with Gasteiger partial charge in [0.05, 0.1) is 23.4 Å². The Morgan fingerprint density at radius 1 is 0.786 bits per heavy atom. The molecule has 2 N–H and O–H groups in total. The second kappa shape index (κ2) is 12.0. The number of rotatable bonds is 9. The van der Waals surface area contributed by atoms with Gasteiger partial charge in [0.15, 0.2) is 11.0 Å². The third-order valence-corrected chi connectivity index (χ3v) is 6.92. The average molecular weight is 615 g/mol. The number of aromatic nitrogens is 2. The minimum atomic E-state index is -4.85. The topological polar surface area (TPSA) is 127 Å². The number of hydrogen-bond acceptors (Lipinski definition) is 7. The molecule has 4 rings (SSSR count). The number of alkyl halides is 6. The van der Waals surface area contributed by atoms with Crippen LogP contribution in [0.15, 0.2) is 63.6 Å². The number of halogens is 6. The molecule has 0 spiro atoms. The number of nitrogens with zero attached hydrogens (tertiary/aromatic N) is 2. The minimum absolute atomic E-state index is 0.0147. The fraction of sp³-hybridized carbons (Fsp3) is 0.185. The summed E-state index contributed by atoms with van der Waals surface area (Å²) < 4.78 is 122. The van der Waals surface area contributed by atoms with E-state index < -0.39 is 57.6 Å². The summed E-state index contributed by atoms with van der Waals surface area (Å²) >= 11 is 0. The third-order valence-electron chi connectivity index (χ3n) is 5.82. The highest BCUT2D eigenvalue weighted by Gasteiger charge is 2.34. The van der Waals surface area contributed by atoms with Crippen LogP contribution >= 0.6 is 0 Å². The molecule has 0 radical (unpaired) electrons. The second-order valence-electron chi connectivity index (χ2n) is 8.81. The number of hydrogen-bond donors (Lipinski definition) is 2. The second-order valence-corrected chi connectivity index (χ2v) is 10.4. The third kappa shape index (κ3) is 7.74. The Bertz CT molecular complexity index is 1690. The van der Waals surface area contributed by atoms with Gasteiger partial charge < -0.3 is 13.9 Å². The number of benzene rings is 2. The first-order valence-electron chi connectivity index (χ1n) is 11.9. The van der Waals surface area contributed by atoms with Crippen LogP contribution in [0.1, 0.15) is 56.4 Å². The number of oxazole rings is 2. The molecule has 1 atom stereocenters. The molecule has 0 aliphatic rings. The first kappa shape index (κ1) is 30.7. The van der Waals surface area contributed by atoms with Gasteiger partial charge in [0.1, 0.15) is 12.0 Å². The molecule has 0 aliphatic heterocycles. The molecule has 15 heteroatoms. The van der Waals surface area contributed by atoms with E-state index in [9.17, 15) is 44.4 Å². The summed E-state index contributed by atoms with van der Waals surface area (Å²) in [5, 5.41) is 7.95. The normalized spacial score (nSPS) is 13.8. The van der Waals surface area contributed by atoms with Gasteiger partial charge in [0, 0.05) is 18.6 Å². The van der Waals surface area contributed by atoms with E-state index in [0.29, 0.717) is 11.1 Å². The lowest BCUT2D eigenvalue weighted by molar-refractivity contribution is -0.138. The summed E-state index contributed by atoms with van der Waals surface area (Å²) in [6.07, 6.45) is -3.00. The fourth-order valence-corrected chi connectivity index (χ4v) is 4.57. The maximum atomic E-state index is 12.8. The summed E-state index contributed by atoms with van der Waals surface area (Å²) in [5.41, 5.74) is -1.07. The monoisotopic (exact) mass is 614 g/mol. The zero-order chi connectivity index (χ0) is 30.7. The molecule has 0 aliphatic carbocycles. The Kier molecular flexibility index (Phi) is 8.75. The van der Waals surface area contributed by atoms with E-state index in [1.807, 2.05) is 0 Å². The van der Waals surface area contributed by atoms with Crippen LogP contribution in [-0.4, -0.2) is 28.0 Å². The highest BCUT2D eigenvalue weighted by atomic mass is 32.2. The molecule has 0 saturated heterocycles. The SMILES string of the molecule is O=S(=O)(O)C(Cc1coc(C=Cc2ccc(C(F)(F)F)cc2)n1)c1oc(C=Cc2ccc(C(F)(F)F)cc2)nc1CO. The van der Waals surface area contributed by atoms with Gasteiger partial charge in [-0.05, 0) is 47.5 Å². The maximum absolute atomic E-state index is 12.8. The highest BCUT2D eigenvalue weighted by molar-refractivity contribution is 7.86. The minimum Gasteiger partial charge on any atom is -0.445 e. The quantitative estimate of drug-likeness (QED) is 0.158. The highest BCUT2D eigenvalue weighted by Crippen LogP contribution is 2.32. The molecule has 42 heavy (non-hydrogen) atoms. The van der Waals surface area contributed by atoms with Crippen molar-refractivity contribution in [2.75, 3.05) is 0 Å². The molecule has 2 aromatic carbocycles. The van der Waals surface area contributed by atoms with Gasteiger partial charge in [-0.3, -0.25) is 4.55 Å². The molecule has 2 aromatic heterocycles. The van der Waals surface area contributed by atoms with E-state index >= 15 is 0 Å². The van der Waals surface area contributed by atoms with Gasteiger partial charge in [-0.25, -0.2) is 9.97 Å². The van der Waals surface area contributed by atoms with Crippen molar-refractivity contribution in [3.8, 4) is 0 Å². The van der Waals surface area contributed by atoms with E-state index in [0.717, 1.165) is 30.5 Å². The molecule has 0 saturated carbocycles. The molecule has 1 unspecified atom stereocenters. The van der Waals surface area contributed by atoms with Crippen LogP contribution in [0.5, 0.6) is 0 Å². The zero-order valence-corrected chi connectivity index (χ0v) is 21.9. The molecule has 222 valence electrons. The van der Waals surface area contributed by atoms with Gasteiger partial charge in [-0.1, -0.05) is 24.3 Å². The smallest absolute Gasteiger partial charge is 0.416 e. The van der Waals surface area contributed by atoms with Crippen molar-refractivity contribution in [3.05, 3.63) is 106 Å². The van der Waals surface area contributed by atoms with Crippen LogP contribution in [0.25, 0.3) is 24.3 Å². The summed E-state index contributed by atoms with van der Waals surface area (Å²) in [5.74, 6) is -0.598. The van der Waals surface area contributed by atoms with E-state index in [4.69, 9.17) is 8.83 Å². The average Bonchev–Trinajstić information content (AvgIpc) is 3.54. The van der Waals surface area contributed by atoms with E-state index in [-0.39, 0.29) is 23.2 Å². The molecule has 0 fully saturated rings. The maximum Gasteiger partial charge on any atom is 0.416 e. The van der Waals surface area contributed by atoms with Gasteiger partial charge in [-0.2, -0.15) is 34.8 Å². The van der Waals surface area contributed by atoms with E-state index in [2.05, 4.69) is 9.97 Å². The zero-order valence-electron chi connectivity index (χ0n) is 21.1. The van der Waals surface area contributed by atoms with Crippen molar-refractivity contribution in [1.82, 2.24) is 9.97 Å². The van der Waals surface area contributed by atoms with Crippen LogP contribution in [0, 0.1) is 0 Å². The first-order chi connectivity index (χ1) is 19.6. The Morgan fingerprint density at radius 3 is 1.74 bits per heavy atom. The Labute approximate surface area is 234 Å².